The molecule has 0 bridgehead atoms. The lowest BCUT2D eigenvalue weighted by Crippen LogP contribution is -2.39. The molecule has 1 aromatic rings. The molecule has 2 N–H and O–H groups in total. The molecule has 19 heavy (non-hydrogen) atoms. The van der Waals surface area contributed by atoms with Crippen LogP contribution in [-0.2, 0) is 0 Å². The van der Waals surface area contributed by atoms with Crippen LogP contribution in [0.3, 0.4) is 0 Å². The molecule has 1 aromatic carbocycles. The van der Waals surface area contributed by atoms with Gasteiger partial charge in [-0.25, -0.2) is 0 Å². The fraction of sp³-hybridized carbons (Fsp3) is 0.467. The molecule has 0 spiro atoms. The summed E-state index contributed by atoms with van der Waals surface area (Å²) in [7, 11) is 1.54. The number of hydrogen-bond donors (Lipinski definition) is 2. The third kappa shape index (κ3) is 3.55. The summed E-state index contributed by atoms with van der Waals surface area (Å²) in [4.78, 5) is 2.28. The van der Waals surface area contributed by atoms with Gasteiger partial charge in [0.15, 0.2) is 11.5 Å². The molecule has 0 saturated carbocycles. The number of nitrogens with zero attached hydrogens (tertiary/aromatic N) is 1. The van der Waals surface area contributed by atoms with Gasteiger partial charge in [0.05, 0.1) is 13.7 Å². The summed E-state index contributed by atoms with van der Waals surface area (Å²) in [6, 6.07) is 5.83. The van der Waals surface area contributed by atoms with Gasteiger partial charge in [0.25, 0.3) is 0 Å². The van der Waals surface area contributed by atoms with E-state index in [0.29, 0.717) is 11.8 Å². The van der Waals surface area contributed by atoms with Gasteiger partial charge in [-0.05, 0) is 25.0 Å². The van der Waals surface area contributed by atoms with Crippen molar-refractivity contribution in [1.29, 1.82) is 0 Å². The molecule has 0 radical (unpaired) electrons. The highest BCUT2D eigenvalue weighted by Crippen LogP contribution is 2.29. The lowest BCUT2D eigenvalue weighted by atomic mass is 10.0. The Morgan fingerprint density at radius 1 is 1.47 bits per heavy atom. The number of piperidine rings is 1. The van der Waals surface area contributed by atoms with Crippen LogP contribution in [0.25, 0.3) is 0 Å². The van der Waals surface area contributed by atoms with Gasteiger partial charge in [-0.2, -0.15) is 0 Å². The first-order valence-corrected chi connectivity index (χ1v) is 6.52. The maximum absolute atomic E-state index is 9.74. The van der Waals surface area contributed by atoms with E-state index in [4.69, 9.17) is 11.2 Å². The van der Waals surface area contributed by atoms with Crippen molar-refractivity contribution in [3.8, 4) is 23.8 Å². The average molecular weight is 260 g/mol. The molecule has 1 saturated heterocycles. The van der Waals surface area contributed by atoms with Crippen molar-refractivity contribution in [2.75, 3.05) is 32.1 Å². The quantitative estimate of drug-likeness (QED) is 0.812. The normalized spacial score (nSPS) is 16.8. The maximum atomic E-state index is 9.74. The molecular weight excluding hydrogens is 240 g/mol. The molecule has 0 aromatic heterocycles. The van der Waals surface area contributed by atoms with E-state index in [0.717, 1.165) is 38.2 Å². The van der Waals surface area contributed by atoms with E-state index in [1.807, 2.05) is 6.07 Å². The summed E-state index contributed by atoms with van der Waals surface area (Å²) >= 11 is 0. The number of phenols is 1. The highest BCUT2D eigenvalue weighted by atomic mass is 16.5. The summed E-state index contributed by atoms with van der Waals surface area (Å²) in [5.41, 5.74) is 0.925. The number of aromatic hydroxyl groups is 1. The molecule has 102 valence electrons. The van der Waals surface area contributed by atoms with E-state index in [1.54, 1.807) is 19.2 Å². The van der Waals surface area contributed by atoms with Gasteiger partial charge in [0.2, 0.25) is 0 Å². The summed E-state index contributed by atoms with van der Waals surface area (Å²) in [6.07, 6.45) is 7.44. The minimum atomic E-state index is 0.164. The number of hydrogen-bond acceptors (Lipinski definition) is 4. The second-order valence-electron chi connectivity index (χ2n) is 4.79. The van der Waals surface area contributed by atoms with Crippen LogP contribution in [0.2, 0.25) is 0 Å². The van der Waals surface area contributed by atoms with Crippen LogP contribution < -0.4 is 10.1 Å². The highest BCUT2D eigenvalue weighted by Gasteiger charge is 2.18. The molecule has 4 nitrogen and oxygen atoms in total. The van der Waals surface area contributed by atoms with Crippen LogP contribution in [0.1, 0.15) is 12.8 Å². The molecule has 2 rings (SSSR count). The number of phenolic OH excluding ortho intramolecular Hbond substituents is 1. The Labute approximate surface area is 114 Å². The van der Waals surface area contributed by atoms with Crippen molar-refractivity contribution in [1.82, 2.24) is 4.90 Å². The Hall–Kier alpha value is -1.86. The van der Waals surface area contributed by atoms with Crippen LogP contribution >= 0.6 is 0 Å². The third-order valence-corrected chi connectivity index (χ3v) is 3.45. The predicted octanol–water partition coefficient (Wildman–Crippen LogP) is 1.91. The molecule has 1 heterocycles. The average Bonchev–Trinajstić information content (AvgIpc) is 2.42. The van der Waals surface area contributed by atoms with E-state index >= 15 is 0 Å². The van der Waals surface area contributed by atoms with Crippen LogP contribution in [0, 0.1) is 12.3 Å². The first-order chi connectivity index (χ1) is 9.22. The van der Waals surface area contributed by atoms with E-state index in [2.05, 4.69) is 16.1 Å². The number of benzene rings is 1. The Balaban J connectivity index is 1.89. The van der Waals surface area contributed by atoms with E-state index in [1.165, 1.54) is 0 Å². The van der Waals surface area contributed by atoms with Gasteiger partial charge in [0, 0.05) is 30.9 Å². The lowest BCUT2D eigenvalue weighted by Gasteiger charge is -2.31. The van der Waals surface area contributed by atoms with Gasteiger partial charge in [-0.3, -0.25) is 4.90 Å². The summed E-state index contributed by atoms with van der Waals surface area (Å²) in [6.45, 7) is 2.77. The van der Waals surface area contributed by atoms with E-state index in [-0.39, 0.29) is 5.75 Å². The van der Waals surface area contributed by atoms with Crippen molar-refractivity contribution in [2.24, 2.45) is 0 Å². The van der Waals surface area contributed by atoms with Gasteiger partial charge in [0.1, 0.15) is 0 Å². The largest absolute Gasteiger partial charge is 0.504 e. The monoisotopic (exact) mass is 260 g/mol. The fourth-order valence-corrected chi connectivity index (χ4v) is 2.38. The zero-order valence-electron chi connectivity index (χ0n) is 11.2. The Kier molecular flexibility index (Phi) is 4.53. The standard InChI is InChI=1S/C15H20N2O2/c1-3-8-17-9-6-12(7-10-17)16-13-4-5-15(19-2)14(18)11-13/h1,4-5,11-12,16,18H,6-10H2,2H3. The van der Waals surface area contributed by atoms with Crippen molar-refractivity contribution >= 4 is 5.69 Å². The van der Waals surface area contributed by atoms with Crippen LogP contribution in [0.5, 0.6) is 11.5 Å². The van der Waals surface area contributed by atoms with Crippen LogP contribution in [0.4, 0.5) is 5.69 Å². The maximum Gasteiger partial charge on any atom is 0.160 e. The Bertz CT molecular complexity index is 460. The van der Waals surface area contributed by atoms with Crippen molar-refractivity contribution in [2.45, 2.75) is 18.9 Å². The van der Waals surface area contributed by atoms with E-state index < -0.39 is 0 Å². The molecule has 1 fully saturated rings. The first kappa shape index (κ1) is 13.6. The zero-order chi connectivity index (χ0) is 13.7. The predicted molar refractivity (Wildman–Crippen MR) is 76.6 cm³/mol. The number of methoxy groups -OCH3 is 1. The molecule has 0 atom stereocenters. The van der Waals surface area contributed by atoms with E-state index in [9.17, 15) is 5.11 Å². The minimum Gasteiger partial charge on any atom is -0.504 e. The van der Waals surface area contributed by atoms with Gasteiger partial charge < -0.3 is 15.2 Å². The first-order valence-electron chi connectivity index (χ1n) is 6.52. The molecule has 0 aliphatic carbocycles. The Morgan fingerprint density at radius 2 is 2.21 bits per heavy atom. The molecular formula is C15H20N2O2. The molecule has 1 aliphatic rings. The van der Waals surface area contributed by atoms with Gasteiger partial charge in [-0.1, -0.05) is 5.92 Å². The fourth-order valence-electron chi connectivity index (χ4n) is 2.38. The van der Waals surface area contributed by atoms with Gasteiger partial charge >= 0.3 is 0 Å². The number of nitrogens with one attached hydrogen (secondary N) is 1. The number of likely N-dealkylation sites (tertiary alicyclic amines) is 1. The Morgan fingerprint density at radius 3 is 2.79 bits per heavy atom. The van der Waals surface area contributed by atoms with Crippen molar-refractivity contribution in [3.05, 3.63) is 18.2 Å². The second-order valence-corrected chi connectivity index (χ2v) is 4.79. The van der Waals surface area contributed by atoms with Gasteiger partial charge in [-0.15, -0.1) is 6.42 Å². The lowest BCUT2D eigenvalue weighted by molar-refractivity contribution is 0.243. The summed E-state index contributed by atoms with van der Waals surface area (Å²) < 4.78 is 5.03. The number of ether oxygens (including phenoxy) is 1. The molecule has 1 aliphatic heterocycles. The topological polar surface area (TPSA) is 44.7 Å². The molecule has 0 amide bonds. The highest BCUT2D eigenvalue weighted by molar-refractivity contribution is 5.54. The SMILES string of the molecule is C#CCN1CCC(Nc2ccc(OC)c(O)c2)CC1. The van der Waals surface area contributed by atoms with Crippen LogP contribution in [0.15, 0.2) is 18.2 Å². The minimum absolute atomic E-state index is 0.164. The summed E-state index contributed by atoms with van der Waals surface area (Å²) in [5, 5.41) is 13.2. The van der Waals surface area contributed by atoms with Crippen LogP contribution in [-0.4, -0.2) is 42.8 Å². The number of terminal acetylenes is 1. The van der Waals surface area contributed by atoms with Crippen molar-refractivity contribution < 1.29 is 9.84 Å². The smallest absolute Gasteiger partial charge is 0.160 e. The third-order valence-electron chi connectivity index (χ3n) is 3.45. The number of anilines is 1. The van der Waals surface area contributed by atoms with Crippen molar-refractivity contribution in [3.63, 3.8) is 0 Å². The second kappa shape index (κ2) is 6.35. The summed E-state index contributed by atoms with van der Waals surface area (Å²) in [5.74, 6) is 3.34. The number of rotatable bonds is 4. The molecule has 0 unspecified atom stereocenters. The molecule has 4 heteroatoms. The zero-order valence-corrected chi connectivity index (χ0v) is 11.2.